The van der Waals surface area contributed by atoms with E-state index in [4.69, 9.17) is 4.74 Å². The highest BCUT2D eigenvalue weighted by Gasteiger charge is 2.66. The molecule has 0 aromatic heterocycles. The van der Waals surface area contributed by atoms with Gasteiger partial charge in [-0.3, -0.25) is 0 Å². The molecule has 2 saturated carbocycles. The van der Waals surface area contributed by atoms with Crippen molar-refractivity contribution in [3.8, 4) is 0 Å². The summed E-state index contributed by atoms with van der Waals surface area (Å²) in [5.41, 5.74) is 1.07. The van der Waals surface area contributed by atoms with Crippen LogP contribution in [0, 0.1) is 22.2 Å². The molecule has 0 aromatic carbocycles. The number of hydrogen-bond donors (Lipinski definition) is 0. The smallest absolute Gasteiger partial charge is 0.0755 e. The lowest BCUT2D eigenvalue weighted by Crippen LogP contribution is -2.42. The van der Waals surface area contributed by atoms with Crippen LogP contribution < -0.4 is 0 Å². The topological polar surface area (TPSA) is 9.23 Å². The van der Waals surface area contributed by atoms with Gasteiger partial charge in [-0.1, -0.05) is 41.5 Å². The summed E-state index contributed by atoms with van der Waals surface area (Å²) < 4.78 is 6.42. The first-order valence-corrected chi connectivity index (χ1v) is 8.57. The van der Waals surface area contributed by atoms with Gasteiger partial charge in [0.25, 0.3) is 0 Å². The highest BCUT2D eigenvalue weighted by Crippen LogP contribution is 2.68. The Morgan fingerprint density at radius 2 is 1.83 bits per heavy atom. The minimum atomic E-state index is 0.269. The van der Waals surface area contributed by atoms with Crippen molar-refractivity contribution < 1.29 is 4.74 Å². The van der Waals surface area contributed by atoms with Gasteiger partial charge in [0.2, 0.25) is 0 Å². The third-order valence-electron chi connectivity index (χ3n) is 5.66. The van der Waals surface area contributed by atoms with Gasteiger partial charge in [-0.25, -0.2) is 0 Å². The van der Waals surface area contributed by atoms with Gasteiger partial charge >= 0.3 is 0 Å². The van der Waals surface area contributed by atoms with E-state index < -0.39 is 0 Å². The van der Waals surface area contributed by atoms with Crippen LogP contribution in [0.4, 0.5) is 0 Å². The minimum Gasteiger partial charge on any atom is -0.376 e. The monoisotopic (exact) mass is 270 g/mol. The maximum absolute atomic E-state index is 6.42. The van der Waals surface area contributed by atoms with Gasteiger partial charge in [-0.2, -0.15) is 11.8 Å². The van der Waals surface area contributed by atoms with Gasteiger partial charge in [-0.05, 0) is 35.8 Å². The van der Waals surface area contributed by atoms with E-state index in [2.05, 4.69) is 47.8 Å². The third kappa shape index (κ3) is 2.04. The molecule has 0 amide bonds. The molecular formula is C16H30OS. The molecular weight excluding hydrogens is 240 g/mol. The van der Waals surface area contributed by atoms with E-state index in [1.54, 1.807) is 0 Å². The van der Waals surface area contributed by atoms with Crippen LogP contribution in [0.2, 0.25) is 0 Å². The Bertz CT molecular complexity index is 318. The first-order chi connectivity index (χ1) is 8.13. The van der Waals surface area contributed by atoms with Crippen molar-refractivity contribution in [2.24, 2.45) is 22.2 Å². The van der Waals surface area contributed by atoms with E-state index in [1.807, 2.05) is 11.8 Å². The van der Waals surface area contributed by atoms with Crippen molar-refractivity contribution in [3.05, 3.63) is 0 Å². The number of rotatable bonds is 3. The summed E-state index contributed by atoms with van der Waals surface area (Å²) in [6, 6.07) is 0. The quantitative estimate of drug-likeness (QED) is 0.741. The van der Waals surface area contributed by atoms with E-state index in [0.29, 0.717) is 22.2 Å². The van der Waals surface area contributed by atoms with Gasteiger partial charge in [0.1, 0.15) is 0 Å². The van der Waals surface area contributed by atoms with E-state index in [9.17, 15) is 0 Å². The molecule has 2 aliphatic rings. The maximum Gasteiger partial charge on any atom is 0.0755 e. The van der Waals surface area contributed by atoms with Crippen molar-refractivity contribution >= 4 is 11.8 Å². The summed E-state index contributed by atoms with van der Waals surface area (Å²) in [6.45, 7) is 15.1. The molecule has 0 aliphatic heterocycles. The van der Waals surface area contributed by atoms with Gasteiger partial charge in [0.15, 0.2) is 0 Å². The SMILES string of the molecule is CS[C@@H]1[C@H]2CC[C@@](C)([C@@H]1OCC(C)(C)C)C2(C)C. The molecule has 0 radical (unpaired) electrons. The van der Waals surface area contributed by atoms with Crippen molar-refractivity contribution in [3.63, 3.8) is 0 Å². The molecule has 2 rings (SSSR count). The van der Waals surface area contributed by atoms with Crippen molar-refractivity contribution in [2.75, 3.05) is 12.9 Å². The molecule has 18 heavy (non-hydrogen) atoms. The van der Waals surface area contributed by atoms with Crippen LogP contribution in [-0.4, -0.2) is 24.2 Å². The summed E-state index contributed by atoms with van der Waals surface area (Å²) in [5, 5.41) is 0.695. The fourth-order valence-electron chi connectivity index (χ4n) is 4.13. The Morgan fingerprint density at radius 1 is 1.22 bits per heavy atom. The largest absolute Gasteiger partial charge is 0.376 e. The zero-order chi connectivity index (χ0) is 13.8. The molecule has 0 aromatic rings. The fourth-order valence-corrected chi connectivity index (χ4v) is 5.56. The van der Waals surface area contributed by atoms with Gasteiger partial charge < -0.3 is 4.74 Å². The Morgan fingerprint density at radius 3 is 2.33 bits per heavy atom. The summed E-state index contributed by atoms with van der Waals surface area (Å²) in [5.74, 6) is 0.836. The second-order valence-corrected chi connectivity index (χ2v) is 9.29. The van der Waals surface area contributed by atoms with Crippen molar-refractivity contribution in [1.82, 2.24) is 0 Å². The molecule has 4 atom stereocenters. The molecule has 2 fully saturated rings. The van der Waals surface area contributed by atoms with Gasteiger partial charge in [0.05, 0.1) is 12.7 Å². The maximum atomic E-state index is 6.42. The molecule has 2 aliphatic carbocycles. The lowest BCUT2D eigenvalue weighted by molar-refractivity contribution is -0.0669. The zero-order valence-electron chi connectivity index (χ0n) is 13.2. The number of hydrogen-bond acceptors (Lipinski definition) is 2. The molecule has 0 N–H and O–H groups in total. The third-order valence-corrected chi connectivity index (χ3v) is 6.78. The van der Waals surface area contributed by atoms with E-state index in [0.717, 1.165) is 12.5 Å². The lowest BCUT2D eigenvalue weighted by atomic mass is 9.70. The van der Waals surface area contributed by atoms with Crippen LogP contribution in [0.15, 0.2) is 0 Å². The number of thioether (sulfide) groups is 1. The second-order valence-electron chi connectivity index (χ2n) is 8.28. The predicted molar refractivity (Wildman–Crippen MR) is 81.1 cm³/mol. The average molecular weight is 270 g/mol. The molecule has 0 saturated heterocycles. The highest BCUT2D eigenvalue weighted by atomic mass is 32.2. The number of ether oxygens (including phenoxy) is 1. The predicted octanol–water partition coefficient (Wildman–Crippen LogP) is 4.61. The molecule has 0 heterocycles. The second kappa shape index (κ2) is 4.41. The van der Waals surface area contributed by atoms with Crippen LogP contribution in [0.25, 0.3) is 0 Å². The molecule has 2 bridgehead atoms. The normalized spacial score (nSPS) is 42.5. The summed E-state index contributed by atoms with van der Waals surface area (Å²) >= 11 is 2.03. The minimum absolute atomic E-state index is 0.269. The Hall–Kier alpha value is 0.310. The van der Waals surface area contributed by atoms with E-state index in [1.165, 1.54) is 12.8 Å². The average Bonchev–Trinajstić information content (AvgIpc) is 2.55. The van der Waals surface area contributed by atoms with Crippen LogP contribution in [0.5, 0.6) is 0 Å². The fraction of sp³-hybridized carbons (Fsp3) is 1.00. The van der Waals surface area contributed by atoms with Crippen LogP contribution in [0.1, 0.15) is 54.4 Å². The van der Waals surface area contributed by atoms with Crippen molar-refractivity contribution in [1.29, 1.82) is 0 Å². The molecule has 2 heteroatoms. The molecule has 0 spiro atoms. The Kier molecular flexibility index (Phi) is 3.61. The van der Waals surface area contributed by atoms with Crippen LogP contribution in [-0.2, 0) is 4.74 Å². The molecule has 106 valence electrons. The highest BCUT2D eigenvalue weighted by molar-refractivity contribution is 7.99. The Balaban J connectivity index is 2.19. The first-order valence-electron chi connectivity index (χ1n) is 7.28. The van der Waals surface area contributed by atoms with Gasteiger partial charge in [0, 0.05) is 10.7 Å². The zero-order valence-corrected chi connectivity index (χ0v) is 14.0. The summed E-state index contributed by atoms with van der Waals surface area (Å²) in [4.78, 5) is 0. The van der Waals surface area contributed by atoms with E-state index in [-0.39, 0.29) is 5.41 Å². The Labute approximate surface area is 117 Å². The lowest BCUT2D eigenvalue weighted by Gasteiger charge is -2.40. The first kappa shape index (κ1) is 14.7. The van der Waals surface area contributed by atoms with Crippen LogP contribution >= 0.6 is 11.8 Å². The standard InChI is InChI=1S/C16H30OS/c1-14(2,3)10-17-13-12(18-7)11-8-9-16(13,6)15(11,4)5/h11-13H,8-10H2,1-7H3/t11-,12-,13-,16+/m1/s1. The van der Waals surface area contributed by atoms with Gasteiger partial charge in [-0.15, -0.1) is 0 Å². The molecule has 0 unspecified atom stereocenters. The van der Waals surface area contributed by atoms with Crippen molar-refractivity contribution in [2.45, 2.75) is 65.7 Å². The molecule has 1 nitrogen and oxygen atoms in total. The number of fused-ring (bicyclic) bond motifs is 2. The summed E-state index contributed by atoms with van der Waals surface area (Å²) in [6.07, 6.45) is 5.44. The van der Waals surface area contributed by atoms with E-state index >= 15 is 0 Å². The summed E-state index contributed by atoms with van der Waals surface area (Å²) in [7, 11) is 0. The van der Waals surface area contributed by atoms with Crippen LogP contribution in [0.3, 0.4) is 0 Å².